The van der Waals surface area contributed by atoms with Crippen molar-refractivity contribution in [3.63, 3.8) is 0 Å². The van der Waals surface area contributed by atoms with Crippen LogP contribution in [0, 0.1) is 0 Å². The van der Waals surface area contributed by atoms with E-state index in [-0.39, 0.29) is 24.4 Å². The van der Waals surface area contributed by atoms with E-state index in [0.29, 0.717) is 13.0 Å². The fourth-order valence-electron chi connectivity index (χ4n) is 1.77. The molecule has 92 valence electrons. The maximum absolute atomic E-state index is 12.0. The molecule has 1 fully saturated rings. The number of piperazine rings is 1. The number of hydrogen-bond donors (Lipinski definition) is 1. The minimum atomic E-state index is -0.230. The maximum atomic E-state index is 12.0. The number of nitrogens with one attached hydrogen (secondary N) is 1. The molecule has 17 heavy (non-hydrogen) atoms. The Balaban J connectivity index is 2.15. The summed E-state index contributed by atoms with van der Waals surface area (Å²) in [6.07, 6.45) is 0.703. The second-order valence-electron chi connectivity index (χ2n) is 3.85. The largest absolute Gasteiger partial charge is 0.297 e. The van der Waals surface area contributed by atoms with E-state index < -0.39 is 0 Å². The van der Waals surface area contributed by atoms with Crippen molar-refractivity contribution in [2.75, 3.05) is 6.54 Å². The zero-order chi connectivity index (χ0) is 12.4. The molecule has 0 saturated carbocycles. The molecule has 2 amide bonds. The SMILES string of the molecule is CCC1NCC(=O)N(Cc2sccc2Br)C1=O. The first kappa shape index (κ1) is 12.7. The van der Waals surface area contributed by atoms with Crippen molar-refractivity contribution in [2.24, 2.45) is 0 Å². The van der Waals surface area contributed by atoms with Crippen molar-refractivity contribution in [1.29, 1.82) is 0 Å². The van der Waals surface area contributed by atoms with Crippen LogP contribution < -0.4 is 5.32 Å². The highest BCUT2D eigenvalue weighted by Gasteiger charge is 2.33. The molecule has 0 spiro atoms. The van der Waals surface area contributed by atoms with Crippen LogP contribution in [0.5, 0.6) is 0 Å². The van der Waals surface area contributed by atoms with Crippen LogP contribution in [0.15, 0.2) is 15.9 Å². The van der Waals surface area contributed by atoms with Crippen LogP contribution in [0.4, 0.5) is 0 Å². The van der Waals surface area contributed by atoms with E-state index >= 15 is 0 Å². The van der Waals surface area contributed by atoms with E-state index in [0.717, 1.165) is 9.35 Å². The summed E-state index contributed by atoms with van der Waals surface area (Å²) in [4.78, 5) is 26.1. The number of carbonyl (C=O) groups excluding carboxylic acids is 2. The number of carbonyl (C=O) groups is 2. The van der Waals surface area contributed by atoms with Gasteiger partial charge in [-0.05, 0) is 33.8 Å². The summed E-state index contributed by atoms with van der Waals surface area (Å²) >= 11 is 4.95. The predicted octanol–water partition coefficient (Wildman–Crippen LogP) is 1.75. The van der Waals surface area contributed by atoms with Gasteiger partial charge >= 0.3 is 0 Å². The van der Waals surface area contributed by atoms with E-state index in [9.17, 15) is 9.59 Å². The summed E-state index contributed by atoms with van der Waals surface area (Å²) < 4.78 is 0.953. The molecule has 1 atom stereocenters. The van der Waals surface area contributed by atoms with Crippen molar-refractivity contribution in [1.82, 2.24) is 10.2 Å². The van der Waals surface area contributed by atoms with Gasteiger partial charge < -0.3 is 0 Å². The summed E-state index contributed by atoms with van der Waals surface area (Å²) in [6, 6.07) is 1.69. The normalized spacial score (nSPS) is 21.1. The first-order chi connectivity index (χ1) is 8.13. The van der Waals surface area contributed by atoms with Gasteiger partial charge in [-0.25, -0.2) is 0 Å². The highest BCUT2D eigenvalue weighted by atomic mass is 79.9. The zero-order valence-electron chi connectivity index (χ0n) is 9.40. The Morgan fingerprint density at radius 2 is 2.35 bits per heavy atom. The summed E-state index contributed by atoms with van der Waals surface area (Å²) in [7, 11) is 0. The molecule has 6 heteroatoms. The first-order valence-electron chi connectivity index (χ1n) is 5.43. The molecule has 1 saturated heterocycles. The van der Waals surface area contributed by atoms with Crippen LogP contribution in [-0.2, 0) is 16.1 Å². The van der Waals surface area contributed by atoms with Gasteiger partial charge in [0, 0.05) is 9.35 Å². The van der Waals surface area contributed by atoms with Crippen LogP contribution in [0.3, 0.4) is 0 Å². The minimum absolute atomic E-state index is 0.121. The van der Waals surface area contributed by atoms with E-state index in [1.807, 2.05) is 18.4 Å². The second-order valence-corrected chi connectivity index (χ2v) is 5.71. The fraction of sp³-hybridized carbons (Fsp3) is 0.455. The van der Waals surface area contributed by atoms with E-state index in [1.165, 1.54) is 4.90 Å². The van der Waals surface area contributed by atoms with E-state index in [2.05, 4.69) is 21.2 Å². The summed E-state index contributed by atoms with van der Waals surface area (Å²) in [5.41, 5.74) is 0. The first-order valence-corrected chi connectivity index (χ1v) is 7.10. The zero-order valence-corrected chi connectivity index (χ0v) is 11.8. The highest BCUT2D eigenvalue weighted by molar-refractivity contribution is 9.10. The molecule has 1 unspecified atom stereocenters. The van der Waals surface area contributed by atoms with Crippen molar-refractivity contribution in [2.45, 2.75) is 25.9 Å². The molecule has 1 N–H and O–H groups in total. The number of rotatable bonds is 3. The molecular weight excluding hydrogens is 304 g/mol. The van der Waals surface area contributed by atoms with Gasteiger partial charge in [-0.15, -0.1) is 11.3 Å². The van der Waals surface area contributed by atoms with Crippen LogP contribution in [0.1, 0.15) is 18.2 Å². The van der Waals surface area contributed by atoms with E-state index in [4.69, 9.17) is 0 Å². The van der Waals surface area contributed by atoms with Crippen LogP contribution in [-0.4, -0.2) is 29.3 Å². The average molecular weight is 317 g/mol. The van der Waals surface area contributed by atoms with Gasteiger partial charge in [0.1, 0.15) is 0 Å². The molecule has 1 aromatic rings. The number of nitrogens with zero attached hydrogens (tertiary/aromatic N) is 1. The Labute approximate surface area is 112 Å². The molecule has 0 aromatic carbocycles. The van der Waals surface area contributed by atoms with Crippen LogP contribution >= 0.6 is 27.3 Å². The lowest BCUT2D eigenvalue weighted by atomic mass is 10.1. The highest BCUT2D eigenvalue weighted by Crippen LogP contribution is 2.25. The van der Waals surface area contributed by atoms with Crippen LogP contribution in [0.25, 0.3) is 0 Å². The third kappa shape index (κ3) is 2.59. The van der Waals surface area contributed by atoms with Crippen molar-refractivity contribution < 1.29 is 9.59 Å². The lowest BCUT2D eigenvalue weighted by Gasteiger charge is -2.30. The van der Waals surface area contributed by atoms with Crippen LogP contribution in [0.2, 0.25) is 0 Å². The summed E-state index contributed by atoms with van der Waals surface area (Å²) in [6.45, 7) is 2.55. The average Bonchev–Trinajstić information content (AvgIpc) is 2.70. The lowest BCUT2D eigenvalue weighted by molar-refractivity contribution is -0.150. The number of imide groups is 1. The molecule has 0 radical (unpaired) electrons. The number of hydrogen-bond acceptors (Lipinski definition) is 4. The molecule has 4 nitrogen and oxygen atoms in total. The maximum Gasteiger partial charge on any atom is 0.246 e. The molecule has 1 aromatic heterocycles. The number of halogens is 1. The lowest BCUT2D eigenvalue weighted by Crippen LogP contribution is -2.57. The van der Waals surface area contributed by atoms with Gasteiger partial charge in [0.15, 0.2) is 0 Å². The molecule has 2 heterocycles. The van der Waals surface area contributed by atoms with Crippen molar-refractivity contribution >= 4 is 39.1 Å². The van der Waals surface area contributed by atoms with E-state index in [1.54, 1.807) is 11.3 Å². The van der Waals surface area contributed by atoms with Crippen molar-refractivity contribution in [3.05, 3.63) is 20.8 Å². The number of amides is 2. The summed E-state index contributed by atoms with van der Waals surface area (Å²) in [5, 5.41) is 4.88. The smallest absolute Gasteiger partial charge is 0.246 e. The van der Waals surface area contributed by atoms with Gasteiger partial charge in [-0.1, -0.05) is 6.92 Å². The predicted molar refractivity (Wildman–Crippen MR) is 69.7 cm³/mol. The minimum Gasteiger partial charge on any atom is -0.297 e. The monoisotopic (exact) mass is 316 g/mol. The molecule has 0 bridgehead atoms. The van der Waals surface area contributed by atoms with Gasteiger partial charge in [0.2, 0.25) is 11.8 Å². The molecule has 1 aliphatic rings. The molecule has 0 aliphatic carbocycles. The Morgan fingerprint density at radius 3 is 2.94 bits per heavy atom. The summed E-state index contributed by atoms with van der Waals surface area (Å²) in [5.74, 6) is -0.274. The molecule has 2 rings (SSSR count). The Bertz CT molecular complexity index is 446. The van der Waals surface area contributed by atoms with Gasteiger partial charge in [0.05, 0.1) is 19.1 Å². The molecular formula is C11H13BrN2O2S. The standard InChI is InChI=1S/C11H13BrN2O2S/c1-2-8-11(16)14(10(15)5-13-8)6-9-7(12)3-4-17-9/h3-4,8,13H,2,5-6H2,1H3. The number of thiophene rings is 1. The third-order valence-corrected chi connectivity index (χ3v) is 4.68. The van der Waals surface area contributed by atoms with Gasteiger partial charge in [-0.2, -0.15) is 0 Å². The Morgan fingerprint density at radius 1 is 1.59 bits per heavy atom. The molecule has 1 aliphatic heterocycles. The fourth-order valence-corrected chi connectivity index (χ4v) is 3.24. The van der Waals surface area contributed by atoms with Gasteiger partial charge in [0.25, 0.3) is 0 Å². The Kier molecular flexibility index (Phi) is 3.96. The second kappa shape index (κ2) is 5.29. The topological polar surface area (TPSA) is 49.4 Å². The quantitative estimate of drug-likeness (QED) is 0.864. The Hall–Kier alpha value is -0.720. The van der Waals surface area contributed by atoms with Gasteiger partial charge in [-0.3, -0.25) is 19.8 Å². The third-order valence-electron chi connectivity index (χ3n) is 2.77. The van der Waals surface area contributed by atoms with Crippen molar-refractivity contribution in [3.8, 4) is 0 Å².